The van der Waals surface area contributed by atoms with Gasteiger partial charge in [-0.3, -0.25) is 0 Å². The van der Waals surface area contributed by atoms with Crippen LogP contribution in [-0.2, 0) is 0 Å². The molecule has 1 aromatic rings. The maximum absolute atomic E-state index is 9.75. The summed E-state index contributed by atoms with van der Waals surface area (Å²) in [4.78, 5) is 2.40. The second-order valence-electron chi connectivity index (χ2n) is 5.85. The van der Waals surface area contributed by atoms with E-state index in [4.69, 9.17) is 0 Å². The highest BCUT2D eigenvalue weighted by Crippen LogP contribution is 2.21. The molecule has 0 aliphatic carbocycles. The highest BCUT2D eigenvalue weighted by atomic mass is 16.3. The number of hydrogen-bond donors (Lipinski definition) is 2. The van der Waals surface area contributed by atoms with Crippen LogP contribution in [0, 0.1) is 6.92 Å². The van der Waals surface area contributed by atoms with E-state index in [1.807, 2.05) is 0 Å². The Bertz CT molecular complexity index is 408. The molecule has 0 bridgehead atoms. The summed E-state index contributed by atoms with van der Waals surface area (Å²) in [5.74, 6) is 0. The number of aliphatic hydroxyl groups excluding tert-OH is 1. The van der Waals surface area contributed by atoms with Gasteiger partial charge < -0.3 is 15.3 Å². The van der Waals surface area contributed by atoms with Crippen LogP contribution in [0.2, 0.25) is 0 Å². The topological polar surface area (TPSA) is 35.5 Å². The van der Waals surface area contributed by atoms with Crippen molar-refractivity contribution in [1.82, 2.24) is 10.2 Å². The van der Waals surface area contributed by atoms with Gasteiger partial charge in [0.2, 0.25) is 0 Å². The van der Waals surface area contributed by atoms with Crippen LogP contribution in [0.4, 0.5) is 0 Å². The van der Waals surface area contributed by atoms with Crippen molar-refractivity contribution >= 4 is 0 Å². The van der Waals surface area contributed by atoms with E-state index in [2.05, 4.69) is 48.3 Å². The van der Waals surface area contributed by atoms with Crippen LogP contribution in [0.5, 0.6) is 0 Å². The second-order valence-corrected chi connectivity index (χ2v) is 5.85. The number of nitrogens with zero attached hydrogens (tertiary/aromatic N) is 1. The maximum atomic E-state index is 9.75. The SMILES string of the molecule is CCNC(CCN1CCCC(O)C1)c1ccccc1C. The van der Waals surface area contributed by atoms with E-state index >= 15 is 0 Å². The predicted molar refractivity (Wildman–Crippen MR) is 83.9 cm³/mol. The van der Waals surface area contributed by atoms with E-state index in [1.54, 1.807) is 0 Å². The first kappa shape index (κ1) is 15.5. The maximum Gasteiger partial charge on any atom is 0.0667 e. The lowest BCUT2D eigenvalue weighted by molar-refractivity contribution is 0.0685. The number of rotatable bonds is 6. The van der Waals surface area contributed by atoms with Crippen LogP contribution in [-0.4, -0.2) is 42.3 Å². The molecule has 3 nitrogen and oxygen atoms in total. The second kappa shape index (κ2) is 7.77. The monoisotopic (exact) mass is 276 g/mol. The summed E-state index contributed by atoms with van der Waals surface area (Å²) in [5, 5.41) is 13.4. The van der Waals surface area contributed by atoms with Gasteiger partial charge in [-0.2, -0.15) is 0 Å². The largest absolute Gasteiger partial charge is 0.392 e. The number of benzene rings is 1. The quantitative estimate of drug-likeness (QED) is 0.838. The first-order valence-electron chi connectivity index (χ1n) is 7.90. The molecular weight excluding hydrogens is 248 g/mol. The minimum atomic E-state index is -0.125. The molecule has 0 amide bonds. The van der Waals surface area contributed by atoms with Crippen molar-refractivity contribution in [2.45, 2.75) is 45.3 Å². The van der Waals surface area contributed by atoms with E-state index in [9.17, 15) is 5.11 Å². The molecule has 1 saturated heterocycles. The van der Waals surface area contributed by atoms with Crippen LogP contribution < -0.4 is 5.32 Å². The average Bonchev–Trinajstić information content (AvgIpc) is 2.44. The van der Waals surface area contributed by atoms with Crippen molar-refractivity contribution in [3.63, 3.8) is 0 Å². The molecule has 0 radical (unpaired) electrons. The third-order valence-corrected chi connectivity index (χ3v) is 4.23. The standard InChI is InChI=1S/C17H28N2O/c1-3-18-17(16-9-5-4-7-14(16)2)10-12-19-11-6-8-15(20)13-19/h4-5,7,9,15,17-18,20H,3,6,8,10-13H2,1-2H3. The summed E-state index contributed by atoms with van der Waals surface area (Å²) in [6.07, 6.45) is 3.06. The summed E-state index contributed by atoms with van der Waals surface area (Å²) in [6, 6.07) is 9.05. The van der Waals surface area contributed by atoms with Gasteiger partial charge in [0.15, 0.2) is 0 Å². The van der Waals surface area contributed by atoms with E-state index in [0.717, 1.165) is 45.4 Å². The highest BCUT2D eigenvalue weighted by molar-refractivity contribution is 5.28. The number of β-amino-alcohol motifs (C(OH)–C–C–N with tert-alkyl or cyclic N) is 1. The fourth-order valence-corrected chi connectivity index (χ4v) is 3.14. The molecule has 2 unspecified atom stereocenters. The normalized spacial score (nSPS) is 21.9. The molecule has 2 N–H and O–H groups in total. The lowest BCUT2D eigenvalue weighted by atomic mass is 9.98. The first-order valence-corrected chi connectivity index (χ1v) is 7.90. The zero-order chi connectivity index (χ0) is 14.4. The Balaban J connectivity index is 1.94. The van der Waals surface area contributed by atoms with Crippen molar-refractivity contribution in [3.8, 4) is 0 Å². The Morgan fingerprint density at radius 1 is 1.40 bits per heavy atom. The number of likely N-dealkylation sites (tertiary alicyclic amines) is 1. The number of nitrogens with one attached hydrogen (secondary N) is 1. The third-order valence-electron chi connectivity index (χ3n) is 4.23. The zero-order valence-corrected chi connectivity index (χ0v) is 12.8. The Hall–Kier alpha value is -0.900. The molecule has 0 saturated carbocycles. The van der Waals surface area contributed by atoms with Gasteiger partial charge in [0.1, 0.15) is 0 Å². The number of piperidine rings is 1. The molecular formula is C17H28N2O. The lowest BCUT2D eigenvalue weighted by Crippen LogP contribution is -2.39. The molecule has 1 aliphatic rings. The van der Waals surface area contributed by atoms with Crippen LogP contribution in [0.15, 0.2) is 24.3 Å². The summed E-state index contributed by atoms with van der Waals surface area (Å²) < 4.78 is 0. The Morgan fingerprint density at radius 3 is 2.90 bits per heavy atom. The van der Waals surface area contributed by atoms with Gasteiger partial charge in [-0.05, 0) is 50.4 Å². The van der Waals surface area contributed by atoms with Gasteiger partial charge in [-0.1, -0.05) is 31.2 Å². The van der Waals surface area contributed by atoms with Crippen molar-refractivity contribution in [3.05, 3.63) is 35.4 Å². The molecule has 0 spiro atoms. The summed E-state index contributed by atoms with van der Waals surface area (Å²) in [7, 11) is 0. The van der Waals surface area contributed by atoms with Crippen LogP contribution >= 0.6 is 0 Å². The minimum Gasteiger partial charge on any atom is -0.392 e. The van der Waals surface area contributed by atoms with Gasteiger partial charge in [-0.25, -0.2) is 0 Å². The molecule has 20 heavy (non-hydrogen) atoms. The molecule has 2 atom stereocenters. The Morgan fingerprint density at radius 2 is 2.20 bits per heavy atom. The van der Waals surface area contributed by atoms with Crippen molar-refractivity contribution in [1.29, 1.82) is 0 Å². The fourth-order valence-electron chi connectivity index (χ4n) is 3.14. The fraction of sp³-hybridized carbons (Fsp3) is 0.647. The highest BCUT2D eigenvalue weighted by Gasteiger charge is 2.19. The van der Waals surface area contributed by atoms with Gasteiger partial charge >= 0.3 is 0 Å². The smallest absolute Gasteiger partial charge is 0.0667 e. The Labute approximate surface area is 123 Å². The van der Waals surface area contributed by atoms with E-state index in [1.165, 1.54) is 11.1 Å². The van der Waals surface area contributed by atoms with Crippen molar-refractivity contribution in [2.24, 2.45) is 0 Å². The summed E-state index contributed by atoms with van der Waals surface area (Å²) >= 11 is 0. The molecule has 112 valence electrons. The van der Waals surface area contributed by atoms with E-state index in [-0.39, 0.29) is 6.10 Å². The number of aliphatic hydroxyl groups is 1. The molecule has 2 rings (SSSR count). The van der Waals surface area contributed by atoms with Gasteiger partial charge in [0.05, 0.1) is 6.10 Å². The first-order chi connectivity index (χ1) is 9.70. The summed E-state index contributed by atoms with van der Waals surface area (Å²) in [6.45, 7) is 8.36. The van der Waals surface area contributed by atoms with Crippen LogP contribution in [0.1, 0.15) is 43.4 Å². The average molecular weight is 276 g/mol. The molecule has 1 aliphatic heterocycles. The minimum absolute atomic E-state index is 0.125. The third kappa shape index (κ3) is 4.30. The predicted octanol–water partition coefficient (Wildman–Crippen LogP) is 2.49. The van der Waals surface area contributed by atoms with E-state index < -0.39 is 0 Å². The van der Waals surface area contributed by atoms with Crippen LogP contribution in [0.25, 0.3) is 0 Å². The molecule has 1 fully saturated rings. The van der Waals surface area contributed by atoms with Gasteiger partial charge in [0.25, 0.3) is 0 Å². The lowest BCUT2D eigenvalue weighted by Gasteiger charge is -2.31. The van der Waals surface area contributed by atoms with Crippen molar-refractivity contribution in [2.75, 3.05) is 26.2 Å². The van der Waals surface area contributed by atoms with Crippen molar-refractivity contribution < 1.29 is 5.11 Å². The molecule has 3 heteroatoms. The molecule has 0 aromatic heterocycles. The van der Waals surface area contributed by atoms with Gasteiger partial charge in [0, 0.05) is 19.1 Å². The summed E-state index contributed by atoms with van der Waals surface area (Å²) in [5.41, 5.74) is 2.77. The van der Waals surface area contributed by atoms with Crippen LogP contribution in [0.3, 0.4) is 0 Å². The molecule has 1 heterocycles. The Kier molecular flexibility index (Phi) is 6.02. The number of hydrogen-bond acceptors (Lipinski definition) is 3. The van der Waals surface area contributed by atoms with Gasteiger partial charge in [-0.15, -0.1) is 0 Å². The van der Waals surface area contributed by atoms with E-state index in [0.29, 0.717) is 6.04 Å². The molecule has 1 aromatic carbocycles. The number of aryl methyl sites for hydroxylation is 1. The zero-order valence-electron chi connectivity index (χ0n) is 12.8.